The molecule has 0 spiro atoms. The van der Waals surface area contributed by atoms with E-state index >= 15 is 0 Å². The van der Waals surface area contributed by atoms with Gasteiger partial charge in [0.2, 0.25) is 5.95 Å². The second-order valence-corrected chi connectivity index (χ2v) is 7.54. The van der Waals surface area contributed by atoms with Gasteiger partial charge >= 0.3 is 0 Å². The first-order valence-electron chi connectivity index (χ1n) is 9.82. The molecule has 6 nitrogen and oxygen atoms in total. The molecule has 1 aliphatic heterocycles. The lowest BCUT2D eigenvalue weighted by atomic mass is 9.89. The number of imidazole rings is 1. The molecule has 2 N–H and O–H groups in total. The molecular weight excluding hydrogens is 384 g/mol. The fourth-order valence-electron chi connectivity index (χ4n) is 3.97. The van der Waals surface area contributed by atoms with Crippen LogP contribution in [0.15, 0.2) is 60.9 Å². The van der Waals surface area contributed by atoms with Crippen molar-refractivity contribution in [3.63, 3.8) is 0 Å². The maximum absolute atomic E-state index is 6.42. The molecule has 4 heterocycles. The van der Waals surface area contributed by atoms with E-state index in [0.717, 1.165) is 48.7 Å². The molecule has 29 heavy (non-hydrogen) atoms. The van der Waals surface area contributed by atoms with E-state index in [1.807, 2.05) is 40.9 Å². The number of halogens is 1. The van der Waals surface area contributed by atoms with Crippen molar-refractivity contribution < 1.29 is 0 Å². The maximum atomic E-state index is 6.42. The molecule has 1 saturated heterocycles. The first-order chi connectivity index (χ1) is 14.3. The zero-order chi connectivity index (χ0) is 19.6. The molecule has 1 aliphatic rings. The van der Waals surface area contributed by atoms with E-state index in [2.05, 4.69) is 38.8 Å². The van der Waals surface area contributed by atoms with Crippen molar-refractivity contribution in [2.75, 3.05) is 18.4 Å². The number of benzene rings is 1. The van der Waals surface area contributed by atoms with Gasteiger partial charge in [-0.3, -0.25) is 4.40 Å². The second-order valence-electron chi connectivity index (χ2n) is 7.18. The third-order valence-electron chi connectivity index (χ3n) is 5.37. The molecule has 0 amide bonds. The SMILES string of the molecule is Clc1nc2ccccn2c1-c1ccnc(Nc2ccccc2C2CCNCC2)n1. The van der Waals surface area contributed by atoms with Crippen molar-refractivity contribution in [1.82, 2.24) is 24.7 Å². The van der Waals surface area contributed by atoms with Crippen LogP contribution in [0.5, 0.6) is 0 Å². The molecular formula is C22H21ClN6. The number of aromatic nitrogens is 4. The van der Waals surface area contributed by atoms with Crippen LogP contribution in [0.4, 0.5) is 11.6 Å². The number of piperidine rings is 1. The fourth-order valence-corrected chi connectivity index (χ4v) is 4.24. The zero-order valence-corrected chi connectivity index (χ0v) is 16.6. The maximum Gasteiger partial charge on any atom is 0.227 e. The summed E-state index contributed by atoms with van der Waals surface area (Å²) >= 11 is 6.42. The topological polar surface area (TPSA) is 67.1 Å². The summed E-state index contributed by atoms with van der Waals surface area (Å²) in [6.45, 7) is 2.11. The third-order valence-corrected chi connectivity index (χ3v) is 5.64. The first kappa shape index (κ1) is 18.1. The lowest BCUT2D eigenvalue weighted by Gasteiger charge is -2.25. The van der Waals surface area contributed by atoms with Crippen LogP contribution in [-0.4, -0.2) is 32.4 Å². The Labute approximate surface area is 174 Å². The van der Waals surface area contributed by atoms with Gasteiger partial charge in [0, 0.05) is 18.1 Å². The van der Waals surface area contributed by atoms with Crippen LogP contribution in [0.25, 0.3) is 17.0 Å². The highest BCUT2D eigenvalue weighted by Gasteiger charge is 2.19. The van der Waals surface area contributed by atoms with Crippen LogP contribution in [0.1, 0.15) is 24.3 Å². The van der Waals surface area contributed by atoms with Gasteiger partial charge < -0.3 is 10.6 Å². The van der Waals surface area contributed by atoms with Crippen LogP contribution in [-0.2, 0) is 0 Å². The van der Waals surface area contributed by atoms with Crippen LogP contribution in [0, 0.1) is 0 Å². The van der Waals surface area contributed by atoms with E-state index in [4.69, 9.17) is 16.6 Å². The van der Waals surface area contributed by atoms with Gasteiger partial charge in [-0.25, -0.2) is 15.0 Å². The fraction of sp³-hybridized carbons (Fsp3) is 0.227. The molecule has 0 radical (unpaired) electrons. The van der Waals surface area contributed by atoms with Crippen molar-refractivity contribution in [2.24, 2.45) is 0 Å². The molecule has 5 rings (SSSR count). The molecule has 3 aromatic heterocycles. The lowest BCUT2D eigenvalue weighted by molar-refractivity contribution is 0.461. The highest BCUT2D eigenvalue weighted by molar-refractivity contribution is 6.32. The second kappa shape index (κ2) is 7.81. The summed E-state index contributed by atoms with van der Waals surface area (Å²) in [5.74, 6) is 1.09. The van der Waals surface area contributed by atoms with Crippen LogP contribution < -0.4 is 10.6 Å². The Morgan fingerprint density at radius 1 is 1.00 bits per heavy atom. The smallest absolute Gasteiger partial charge is 0.227 e. The van der Waals surface area contributed by atoms with Crippen molar-refractivity contribution in [2.45, 2.75) is 18.8 Å². The van der Waals surface area contributed by atoms with Crippen LogP contribution >= 0.6 is 11.6 Å². The van der Waals surface area contributed by atoms with Crippen molar-refractivity contribution in [3.8, 4) is 11.4 Å². The minimum atomic E-state index is 0.427. The standard InChI is InChI=1S/C22H21ClN6/c23-21-20(29-14-4-3-7-19(29)28-21)18-10-13-25-22(27-18)26-17-6-2-1-5-16(17)15-8-11-24-12-9-15/h1-7,10,13-15,24H,8-9,11-12H2,(H,25,26,27). The molecule has 4 aromatic rings. The minimum absolute atomic E-state index is 0.427. The summed E-state index contributed by atoms with van der Waals surface area (Å²) in [5.41, 5.74) is 4.65. The normalized spacial score (nSPS) is 14.9. The van der Waals surface area contributed by atoms with Gasteiger partial charge in [0.25, 0.3) is 0 Å². The summed E-state index contributed by atoms with van der Waals surface area (Å²) in [4.78, 5) is 13.6. The van der Waals surface area contributed by atoms with E-state index in [1.54, 1.807) is 6.20 Å². The predicted octanol–water partition coefficient (Wildman–Crippen LogP) is 4.66. The number of anilines is 2. The van der Waals surface area contributed by atoms with E-state index in [9.17, 15) is 0 Å². The molecule has 7 heteroatoms. The van der Waals surface area contributed by atoms with Crippen molar-refractivity contribution in [3.05, 3.63) is 71.6 Å². The highest BCUT2D eigenvalue weighted by atomic mass is 35.5. The van der Waals surface area contributed by atoms with Gasteiger partial charge in [-0.2, -0.15) is 0 Å². The highest BCUT2D eigenvalue weighted by Crippen LogP contribution is 2.33. The number of pyridine rings is 1. The molecule has 0 unspecified atom stereocenters. The average molecular weight is 405 g/mol. The predicted molar refractivity (Wildman–Crippen MR) is 116 cm³/mol. The number of hydrogen-bond acceptors (Lipinski definition) is 5. The van der Waals surface area contributed by atoms with Gasteiger partial charge in [-0.05, 0) is 61.7 Å². The summed E-state index contributed by atoms with van der Waals surface area (Å²) < 4.78 is 1.94. The Morgan fingerprint density at radius 2 is 1.83 bits per heavy atom. The third kappa shape index (κ3) is 3.57. The molecule has 146 valence electrons. The number of nitrogens with one attached hydrogen (secondary N) is 2. The Morgan fingerprint density at radius 3 is 2.72 bits per heavy atom. The van der Waals surface area contributed by atoms with Gasteiger partial charge in [-0.15, -0.1) is 0 Å². The van der Waals surface area contributed by atoms with Crippen LogP contribution in [0.2, 0.25) is 5.15 Å². The van der Waals surface area contributed by atoms with E-state index in [1.165, 1.54) is 5.56 Å². The molecule has 1 aromatic carbocycles. The van der Waals surface area contributed by atoms with E-state index < -0.39 is 0 Å². The largest absolute Gasteiger partial charge is 0.324 e. The molecule has 0 saturated carbocycles. The van der Waals surface area contributed by atoms with Crippen molar-refractivity contribution in [1.29, 1.82) is 0 Å². The summed E-state index contributed by atoms with van der Waals surface area (Å²) in [5, 5.41) is 7.28. The Bertz CT molecular complexity index is 1150. The minimum Gasteiger partial charge on any atom is -0.324 e. The summed E-state index contributed by atoms with van der Waals surface area (Å²) in [6.07, 6.45) is 5.95. The Hall–Kier alpha value is -2.96. The Balaban J connectivity index is 1.49. The van der Waals surface area contributed by atoms with E-state index in [0.29, 0.717) is 17.0 Å². The monoisotopic (exact) mass is 404 g/mol. The molecule has 0 aliphatic carbocycles. The summed E-state index contributed by atoms with van der Waals surface area (Å²) in [6, 6.07) is 16.1. The number of fused-ring (bicyclic) bond motifs is 1. The molecule has 1 fully saturated rings. The number of hydrogen-bond donors (Lipinski definition) is 2. The van der Waals surface area contributed by atoms with Gasteiger partial charge in [0.1, 0.15) is 11.3 Å². The van der Waals surface area contributed by atoms with E-state index in [-0.39, 0.29) is 0 Å². The molecule has 0 atom stereocenters. The van der Waals surface area contributed by atoms with Crippen molar-refractivity contribution >= 4 is 28.9 Å². The van der Waals surface area contributed by atoms with Gasteiger partial charge in [-0.1, -0.05) is 35.9 Å². The number of nitrogens with zero attached hydrogens (tertiary/aromatic N) is 4. The number of rotatable bonds is 4. The average Bonchev–Trinajstić information content (AvgIpc) is 3.11. The number of para-hydroxylation sites is 1. The zero-order valence-electron chi connectivity index (χ0n) is 15.8. The van der Waals surface area contributed by atoms with Gasteiger partial charge in [0.15, 0.2) is 5.15 Å². The lowest BCUT2D eigenvalue weighted by Crippen LogP contribution is -2.26. The first-order valence-corrected chi connectivity index (χ1v) is 10.2. The quantitative estimate of drug-likeness (QED) is 0.518. The van der Waals surface area contributed by atoms with Crippen LogP contribution in [0.3, 0.4) is 0 Å². The molecule has 0 bridgehead atoms. The summed E-state index contributed by atoms with van der Waals surface area (Å²) in [7, 11) is 0. The Kier molecular flexibility index (Phi) is 4.87. The van der Waals surface area contributed by atoms with Gasteiger partial charge in [0.05, 0.1) is 5.69 Å².